The lowest BCUT2D eigenvalue weighted by Gasteiger charge is -2.09. The van der Waals surface area contributed by atoms with Gasteiger partial charge in [-0.25, -0.2) is 0 Å². The van der Waals surface area contributed by atoms with Crippen molar-refractivity contribution in [1.29, 1.82) is 0 Å². The van der Waals surface area contributed by atoms with Gasteiger partial charge in [0.2, 0.25) is 6.79 Å². The number of H-pyrrole nitrogens is 1. The van der Waals surface area contributed by atoms with E-state index in [2.05, 4.69) is 15.6 Å². The summed E-state index contributed by atoms with van der Waals surface area (Å²) >= 11 is 5.93. The van der Waals surface area contributed by atoms with Crippen LogP contribution >= 0.6 is 11.6 Å². The molecule has 33 heavy (non-hydrogen) atoms. The fourth-order valence-electron chi connectivity index (χ4n) is 3.71. The first kappa shape index (κ1) is 20.9. The number of fused-ring (bicyclic) bond motifs is 2. The summed E-state index contributed by atoms with van der Waals surface area (Å²) in [5, 5.41) is 7.10. The van der Waals surface area contributed by atoms with Crippen molar-refractivity contribution in [2.24, 2.45) is 0 Å². The predicted octanol–water partition coefficient (Wildman–Crippen LogP) is 5.04. The Labute approximate surface area is 194 Å². The number of halogens is 1. The Morgan fingerprint density at radius 1 is 0.970 bits per heavy atom. The van der Waals surface area contributed by atoms with E-state index in [1.165, 1.54) is 0 Å². The quantitative estimate of drug-likeness (QED) is 0.388. The molecule has 8 heteroatoms. The standard InChI is InChI=1S/C25H20ClN3O4/c1-14-2-8-19-18(10-14)22(29-24(30)16-4-6-17(26)7-5-16)23(28-19)25(31)27-12-15-3-9-20-21(11-15)33-13-32-20/h2-11,28H,12-13H2,1H3,(H,27,31)(H,29,30). The Morgan fingerprint density at radius 3 is 2.58 bits per heavy atom. The molecular formula is C25H20ClN3O4. The molecule has 4 aromatic rings. The molecule has 0 saturated heterocycles. The average Bonchev–Trinajstić information content (AvgIpc) is 3.42. The van der Waals surface area contributed by atoms with Crippen LogP contribution in [0.25, 0.3) is 10.9 Å². The third kappa shape index (κ3) is 4.23. The van der Waals surface area contributed by atoms with Gasteiger partial charge >= 0.3 is 0 Å². The van der Waals surface area contributed by atoms with Gasteiger partial charge in [-0.2, -0.15) is 0 Å². The third-order valence-corrected chi connectivity index (χ3v) is 5.67. The summed E-state index contributed by atoms with van der Waals surface area (Å²) in [6, 6.07) is 17.8. The fourth-order valence-corrected chi connectivity index (χ4v) is 3.84. The molecule has 3 N–H and O–H groups in total. The molecule has 0 spiro atoms. The number of carbonyl (C=O) groups excluding carboxylic acids is 2. The van der Waals surface area contributed by atoms with Crippen molar-refractivity contribution in [2.45, 2.75) is 13.5 Å². The summed E-state index contributed by atoms with van der Waals surface area (Å²) in [5.74, 6) is 0.661. The zero-order chi connectivity index (χ0) is 22.9. The molecule has 166 valence electrons. The van der Waals surface area contributed by atoms with Crippen LogP contribution in [0.2, 0.25) is 5.02 Å². The number of rotatable bonds is 5. The number of hydrogen-bond donors (Lipinski definition) is 3. The molecule has 2 amide bonds. The minimum Gasteiger partial charge on any atom is -0.454 e. The first-order valence-electron chi connectivity index (χ1n) is 10.3. The van der Waals surface area contributed by atoms with Crippen LogP contribution in [0.5, 0.6) is 11.5 Å². The highest BCUT2D eigenvalue weighted by atomic mass is 35.5. The van der Waals surface area contributed by atoms with Crippen LogP contribution < -0.4 is 20.1 Å². The van der Waals surface area contributed by atoms with E-state index < -0.39 is 0 Å². The maximum absolute atomic E-state index is 13.1. The molecule has 3 aromatic carbocycles. The number of aromatic nitrogens is 1. The minimum atomic E-state index is -0.340. The predicted molar refractivity (Wildman–Crippen MR) is 126 cm³/mol. The lowest BCUT2D eigenvalue weighted by molar-refractivity contribution is 0.0947. The highest BCUT2D eigenvalue weighted by molar-refractivity contribution is 6.30. The minimum absolute atomic E-state index is 0.191. The normalized spacial score (nSPS) is 12.1. The Balaban J connectivity index is 1.42. The van der Waals surface area contributed by atoms with Gasteiger partial charge < -0.3 is 25.1 Å². The van der Waals surface area contributed by atoms with Crippen molar-refractivity contribution in [1.82, 2.24) is 10.3 Å². The summed E-state index contributed by atoms with van der Waals surface area (Å²) in [5.41, 5.74) is 3.77. The first-order valence-corrected chi connectivity index (χ1v) is 10.7. The molecule has 7 nitrogen and oxygen atoms in total. The van der Waals surface area contributed by atoms with E-state index in [1.807, 2.05) is 43.3 Å². The Kier molecular flexibility index (Phi) is 5.40. The lowest BCUT2D eigenvalue weighted by atomic mass is 10.1. The van der Waals surface area contributed by atoms with Gasteiger partial charge in [-0.05, 0) is 61.0 Å². The summed E-state index contributed by atoms with van der Waals surface area (Å²) < 4.78 is 10.7. The molecule has 1 aliphatic heterocycles. The van der Waals surface area contributed by atoms with E-state index in [9.17, 15) is 9.59 Å². The summed E-state index contributed by atoms with van der Waals surface area (Å²) in [4.78, 5) is 29.2. The molecule has 0 unspecified atom stereocenters. The number of benzene rings is 3. The van der Waals surface area contributed by atoms with Gasteiger partial charge in [0.1, 0.15) is 5.69 Å². The molecule has 0 radical (unpaired) electrons. The van der Waals surface area contributed by atoms with E-state index in [0.717, 1.165) is 22.0 Å². The second-order valence-electron chi connectivity index (χ2n) is 7.76. The van der Waals surface area contributed by atoms with Crippen LogP contribution in [0.4, 0.5) is 5.69 Å². The van der Waals surface area contributed by atoms with E-state index in [1.54, 1.807) is 24.3 Å². The second-order valence-corrected chi connectivity index (χ2v) is 8.19. The highest BCUT2D eigenvalue weighted by Gasteiger charge is 2.21. The first-order chi connectivity index (χ1) is 16.0. The topological polar surface area (TPSA) is 92.5 Å². The summed E-state index contributed by atoms with van der Waals surface area (Å²) in [6.45, 7) is 2.43. The van der Waals surface area contributed by atoms with Crippen LogP contribution in [0, 0.1) is 6.92 Å². The Morgan fingerprint density at radius 2 is 1.76 bits per heavy atom. The molecule has 0 bridgehead atoms. The zero-order valence-electron chi connectivity index (χ0n) is 17.7. The SMILES string of the molecule is Cc1ccc2[nH]c(C(=O)NCc3ccc4c(c3)OCO4)c(NC(=O)c3ccc(Cl)cc3)c2c1. The van der Waals surface area contributed by atoms with Gasteiger partial charge in [0.25, 0.3) is 11.8 Å². The Hall–Kier alpha value is -3.97. The number of ether oxygens (including phenoxy) is 2. The average molecular weight is 462 g/mol. The maximum atomic E-state index is 13.1. The molecule has 1 aromatic heterocycles. The molecular weight excluding hydrogens is 442 g/mol. The number of nitrogens with one attached hydrogen (secondary N) is 3. The van der Waals surface area contributed by atoms with Gasteiger partial charge in [0.05, 0.1) is 5.69 Å². The molecule has 1 aliphatic rings. The third-order valence-electron chi connectivity index (χ3n) is 5.42. The number of aromatic amines is 1. The maximum Gasteiger partial charge on any atom is 0.270 e. The van der Waals surface area contributed by atoms with Crippen LogP contribution in [0.1, 0.15) is 32.0 Å². The fraction of sp³-hybridized carbons (Fsp3) is 0.120. The summed E-state index contributed by atoms with van der Waals surface area (Å²) in [6.07, 6.45) is 0. The number of carbonyl (C=O) groups is 2. The monoisotopic (exact) mass is 461 g/mol. The van der Waals surface area contributed by atoms with Crippen molar-refractivity contribution in [2.75, 3.05) is 12.1 Å². The van der Waals surface area contributed by atoms with Crippen molar-refractivity contribution < 1.29 is 19.1 Å². The largest absolute Gasteiger partial charge is 0.454 e. The van der Waals surface area contributed by atoms with Crippen molar-refractivity contribution in [3.63, 3.8) is 0 Å². The number of anilines is 1. The second kappa shape index (κ2) is 8.52. The highest BCUT2D eigenvalue weighted by Crippen LogP contribution is 2.33. The van der Waals surface area contributed by atoms with E-state index in [0.29, 0.717) is 27.8 Å². The van der Waals surface area contributed by atoms with Crippen LogP contribution in [-0.4, -0.2) is 23.6 Å². The molecule has 0 fully saturated rings. The molecule has 5 rings (SSSR count). The van der Waals surface area contributed by atoms with Gasteiger partial charge in [-0.3, -0.25) is 9.59 Å². The molecule has 0 saturated carbocycles. The van der Waals surface area contributed by atoms with Gasteiger partial charge in [-0.15, -0.1) is 0 Å². The van der Waals surface area contributed by atoms with Crippen molar-refractivity contribution in [3.8, 4) is 11.5 Å². The van der Waals surface area contributed by atoms with Crippen LogP contribution in [0.3, 0.4) is 0 Å². The van der Waals surface area contributed by atoms with Crippen LogP contribution in [-0.2, 0) is 6.54 Å². The number of amides is 2. The van der Waals surface area contributed by atoms with Gasteiger partial charge in [-0.1, -0.05) is 29.3 Å². The molecule has 2 heterocycles. The zero-order valence-corrected chi connectivity index (χ0v) is 18.5. The lowest BCUT2D eigenvalue weighted by Crippen LogP contribution is -2.25. The van der Waals surface area contributed by atoms with Gasteiger partial charge in [0.15, 0.2) is 11.5 Å². The van der Waals surface area contributed by atoms with E-state index in [4.69, 9.17) is 21.1 Å². The van der Waals surface area contributed by atoms with Crippen LogP contribution in [0.15, 0.2) is 60.7 Å². The van der Waals surface area contributed by atoms with Crippen molar-refractivity contribution >= 4 is 40.0 Å². The van der Waals surface area contributed by atoms with E-state index in [-0.39, 0.29) is 30.8 Å². The van der Waals surface area contributed by atoms with E-state index >= 15 is 0 Å². The smallest absolute Gasteiger partial charge is 0.270 e. The van der Waals surface area contributed by atoms with Crippen molar-refractivity contribution in [3.05, 3.63) is 88.1 Å². The van der Waals surface area contributed by atoms with Gasteiger partial charge in [0, 0.05) is 28.0 Å². The Bertz CT molecular complexity index is 1380. The summed E-state index contributed by atoms with van der Waals surface area (Å²) in [7, 11) is 0. The molecule has 0 aliphatic carbocycles. The molecule has 0 atom stereocenters. The number of hydrogen-bond acceptors (Lipinski definition) is 4. The number of aryl methyl sites for hydroxylation is 1.